The lowest BCUT2D eigenvalue weighted by atomic mass is 9.92. The van der Waals surface area contributed by atoms with Crippen molar-refractivity contribution in [2.24, 2.45) is 0 Å². The highest BCUT2D eigenvalue weighted by Crippen LogP contribution is 2.17. The number of aliphatic carboxylic acids is 1. The molecule has 5 nitrogen and oxygen atoms in total. The van der Waals surface area contributed by atoms with Gasteiger partial charge in [-0.1, -0.05) is 90.0 Å². The molecule has 0 rings (SSSR count). The fourth-order valence-electron chi connectivity index (χ4n) is 3.87. The minimum absolute atomic E-state index is 0.0306. The maximum absolute atomic E-state index is 12.4. The van der Waals surface area contributed by atoms with E-state index in [1.807, 2.05) is 21.1 Å². The quantitative estimate of drug-likeness (QED) is 0.180. The highest BCUT2D eigenvalue weighted by atomic mass is 16.4. The van der Waals surface area contributed by atoms with Gasteiger partial charge in [0.1, 0.15) is 6.54 Å². The van der Waals surface area contributed by atoms with Crippen molar-refractivity contribution in [3.05, 3.63) is 12.2 Å². The number of carboxylic acid groups (broad SMARTS) is 1. The van der Waals surface area contributed by atoms with E-state index in [1.54, 1.807) is 6.08 Å². The number of carboxylic acids is 1. The fourth-order valence-corrected chi connectivity index (χ4v) is 3.87. The van der Waals surface area contributed by atoms with Gasteiger partial charge < -0.3 is 19.5 Å². The summed E-state index contributed by atoms with van der Waals surface area (Å²) in [5.74, 6) is -1.96. The van der Waals surface area contributed by atoms with E-state index in [-0.39, 0.29) is 6.54 Å². The van der Waals surface area contributed by atoms with E-state index in [4.69, 9.17) is 0 Å². The van der Waals surface area contributed by atoms with Crippen LogP contribution in [0.3, 0.4) is 0 Å². The molecule has 0 saturated carbocycles. The smallest absolute Gasteiger partial charge is 0.193 e. The fraction of sp³-hybridized carbons (Fsp3) is 0.840. The van der Waals surface area contributed by atoms with Gasteiger partial charge in [0.15, 0.2) is 11.4 Å². The molecule has 0 aliphatic carbocycles. The first-order valence-electron chi connectivity index (χ1n) is 12.0. The molecule has 0 fully saturated rings. The molecule has 30 heavy (non-hydrogen) atoms. The van der Waals surface area contributed by atoms with E-state index in [2.05, 4.69) is 6.92 Å². The number of hydrogen-bond acceptors (Lipinski definition) is 4. The van der Waals surface area contributed by atoms with Crippen molar-refractivity contribution >= 4 is 11.8 Å². The third kappa shape index (κ3) is 16.6. The molecule has 0 spiro atoms. The number of carbonyl (C=O) groups excluding carboxylic acids is 2. The van der Waals surface area contributed by atoms with Crippen molar-refractivity contribution in [2.45, 2.75) is 109 Å². The highest BCUT2D eigenvalue weighted by Gasteiger charge is 2.39. The van der Waals surface area contributed by atoms with Crippen molar-refractivity contribution in [1.29, 1.82) is 0 Å². The molecule has 0 saturated heterocycles. The number of hydrogen-bond donors (Lipinski definition) is 1. The summed E-state index contributed by atoms with van der Waals surface area (Å²) >= 11 is 0. The largest absolute Gasteiger partial charge is 0.550 e. The zero-order valence-corrected chi connectivity index (χ0v) is 20.1. The summed E-state index contributed by atoms with van der Waals surface area (Å²) < 4.78 is 0.294. The van der Waals surface area contributed by atoms with Crippen LogP contribution in [-0.4, -0.2) is 54.6 Å². The molecule has 0 amide bonds. The molecular formula is C25H47NO4. The van der Waals surface area contributed by atoms with Crippen molar-refractivity contribution in [1.82, 2.24) is 0 Å². The van der Waals surface area contributed by atoms with Gasteiger partial charge >= 0.3 is 0 Å². The summed E-state index contributed by atoms with van der Waals surface area (Å²) in [5, 5.41) is 21.5. The van der Waals surface area contributed by atoms with Crippen LogP contribution in [0.2, 0.25) is 0 Å². The lowest BCUT2D eigenvalue weighted by Crippen LogP contribution is -2.55. The van der Waals surface area contributed by atoms with Crippen LogP contribution in [0.5, 0.6) is 0 Å². The molecular weight excluding hydrogens is 378 g/mol. The molecule has 0 aromatic carbocycles. The highest BCUT2D eigenvalue weighted by molar-refractivity contribution is 5.99. The van der Waals surface area contributed by atoms with Crippen molar-refractivity contribution in [3.63, 3.8) is 0 Å². The summed E-state index contributed by atoms with van der Waals surface area (Å²) in [6.45, 7) is 2.28. The molecule has 176 valence electrons. The minimum Gasteiger partial charge on any atom is -0.550 e. The normalized spacial score (nSPS) is 14.2. The van der Waals surface area contributed by atoms with Crippen LogP contribution in [0.25, 0.3) is 0 Å². The maximum atomic E-state index is 12.4. The van der Waals surface area contributed by atoms with Gasteiger partial charge in [0, 0.05) is 12.4 Å². The Morgan fingerprint density at radius 2 is 1.27 bits per heavy atom. The number of allylic oxidation sites excluding steroid dienone is 1. The summed E-state index contributed by atoms with van der Waals surface area (Å²) in [7, 11) is 5.43. The summed E-state index contributed by atoms with van der Waals surface area (Å²) in [6.07, 6.45) is 20.1. The summed E-state index contributed by atoms with van der Waals surface area (Å²) in [5.41, 5.74) is -1.91. The lowest BCUT2D eigenvalue weighted by molar-refractivity contribution is -0.875. The number of aliphatic hydroxyl groups is 1. The van der Waals surface area contributed by atoms with E-state index in [9.17, 15) is 19.8 Å². The van der Waals surface area contributed by atoms with E-state index in [0.717, 1.165) is 19.3 Å². The second kappa shape index (κ2) is 16.5. The zero-order valence-electron chi connectivity index (χ0n) is 20.1. The molecule has 5 heteroatoms. The number of carbonyl (C=O) groups is 2. The molecule has 0 heterocycles. The molecule has 1 atom stereocenters. The predicted molar refractivity (Wildman–Crippen MR) is 122 cm³/mol. The first kappa shape index (κ1) is 28.8. The van der Waals surface area contributed by atoms with Crippen LogP contribution in [-0.2, 0) is 9.59 Å². The van der Waals surface area contributed by atoms with Gasteiger partial charge in [0.05, 0.1) is 21.1 Å². The molecule has 0 aliphatic rings. The van der Waals surface area contributed by atoms with Crippen LogP contribution in [0.1, 0.15) is 103 Å². The maximum Gasteiger partial charge on any atom is 0.193 e. The van der Waals surface area contributed by atoms with E-state index < -0.39 is 23.8 Å². The van der Waals surface area contributed by atoms with Gasteiger partial charge in [-0.15, -0.1) is 0 Å². The molecule has 0 unspecified atom stereocenters. The summed E-state index contributed by atoms with van der Waals surface area (Å²) in [4.78, 5) is 23.3. The molecule has 0 bridgehead atoms. The van der Waals surface area contributed by atoms with Gasteiger partial charge in [0.2, 0.25) is 0 Å². The van der Waals surface area contributed by atoms with Gasteiger partial charge in [-0.3, -0.25) is 4.79 Å². The van der Waals surface area contributed by atoms with Gasteiger partial charge in [-0.25, -0.2) is 0 Å². The first-order chi connectivity index (χ1) is 14.1. The number of rotatable bonds is 20. The Labute approximate surface area is 185 Å². The van der Waals surface area contributed by atoms with Crippen LogP contribution >= 0.6 is 0 Å². The van der Waals surface area contributed by atoms with Gasteiger partial charge in [-0.2, -0.15) is 0 Å². The summed E-state index contributed by atoms with van der Waals surface area (Å²) in [6, 6.07) is 0. The minimum atomic E-state index is -1.91. The number of quaternary nitrogens is 1. The van der Waals surface area contributed by atoms with E-state index in [0.29, 0.717) is 4.48 Å². The number of ketones is 1. The van der Waals surface area contributed by atoms with Crippen LogP contribution < -0.4 is 5.11 Å². The van der Waals surface area contributed by atoms with Crippen molar-refractivity contribution in [3.8, 4) is 0 Å². The standard InChI is InChI=1S/C25H47NO4/c1-5-6-7-8-9-10-11-12-13-14-15-16-17-18-19-20-23(27)25(30,21-24(28)29)22-26(2,3)4/h19-20,30H,5-18,21-22H2,1-4H3/t25-/m1/s1. The Kier molecular flexibility index (Phi) is 15.8. The SMILES string of the molecule is CCCCCCCCCCCCCCCC=CC(=O)[C@@](O)(CC(=O)[O-])C[N+](C)(C)C. The van der Waals surface area contributed by atoms with Crippen molar-refractivity contribution < 1.29 is 24.3 Å². The number of unbranched alkanes of at least 4 members (excludes halogenated alkanes) is 13. The second-order valence-corrected chi connectivity index (χ2v) is 9.83. The Morgan fingerprint density at radius 1 is 0.833 bits per heavy atom. The molecule has 0 aliphatic heterocycles. The number of likely N-dealkylation sites (N-methyl/N-ethyl adjacent to an activating group) is 1. The molecule has 1 N–H and O–H groups in total. The molecule has 0 aromatic heterocycles. The lowest BCUT2D eigenvalue weighted by Gasteiger charge is -2.34. The Balaban J connectivity index is 3.88. The van der Waals surface area contributed by atoms with Crippen LogP contribution in [0.4, 0.5) is 0 Å². The average molecular weight is 426 g/mol. The van der Waals surface area contributed by atoms with Gasteiger partial charge in [0.25, 0.3) is 0 Å². The predicted octanol–water partition coefficient (Wildman–Crippen LogP) is 4.17. The third-order valence-electron chi connectivity index (χ3n) is 5.37. The Bertz CT molecular complexity index is 496. The first-order valence-corrected chi connectivity index (χ1v) is 12.0. The monoisotopic (exact) mass is 425 g/mol. The topological polar surface area (TPSA) is 77.4 Å². The Hall–Kier alpha value is -1.20. The van der Waals surface area contributed by atoms with E-state index >= 15 is 0 Å². The molecule has 0 radical (unpaired) electrons. The Morgan fingerprint density at radius 3 is 1.67 bits per heavy atom. The van der Waals surface area contributed by atoms with Crippen LogP contribution in [0.15, 0.2) is 12.2 Å². The van der Waals surface area contributed by atoms with E-state index in [1.165, 1.54) is 76.7 Å². The van der Waals surface area contributed by atoms with Crippen LogP contribution in [0, 0.1) is 0 Å². The number of nitrogens with zero attached hydrogens (tertiary/aromatic N) is 1. The van der Waals surface area contributed by atoms with Gasteiger partial charge in [-0.05, 0) is 18.9 Å². The van der Waals surface area contributed by atoms with Crippen molar-refractivity contribution in [2.75, 3.05) is 27.7 Å². The second-order valence-electron chi connectivity index (χ2n) is 9.83. The molecule has 0 aromatic rings. The third-order valence-corrected chi connectivity index (χ3v) is 5.37. The zero-order chi connectivity index (χ0) is 22.9. The average Bonchev–Trinajstić information content (AvgIpc) is 2.62.